The number of nitrogens with one attached hydrogen (secondary N) is 1. The van der Waals surface area contributed by atoms with Gasteiger partial charge in [0.2, 0.25) is 0 Å². The molecule has 3 nitrogen and oxygen atoms in total. The van der Waals surface area contributed by atoms with Crippen LogP contribution in [0, 0.1) is 0 Å². The van der Waals surface area contributed by atoms with Crippen molar-refractivity contribution in [1.29, 1.82) is 0 Å². The fourth-order valence-corrected chi connectivity index (χ4v) is 2.05. The highest BCUT2D eigenvalue weighted by Crippen LogP contribution is 2.09. The number of hydrogen-bond acceptors (Lipinski definition) is 3. The molecule has 1 saturated heterocycles. The molecule has 1 N–H and O–H groups in total. The molecule has 1 unspecified atom stereocenters. The largest absolute Gasteiger partial charge is 0.316 e. The molecule has 1 rings (SSSR count). The van der Waals surface area contributed by atoms with E-state index in [-0.39, 0.29) is 0 Å². The molecule has 1 fully saturated rings. The predicted molar refractivity (Wildman–Crippen MR) is 66.3 cm³/mol. The van der Waals surface area contributed by atoms with Crippen LogP contribution in [0.5, 0.6) is 0 Å². The highest BCUT2D eigenvalue weighted by molar-refractivity contribution is 4.77. The first-order chi connectivity index (χ1) is 7.13. The van der Waals surface area contributed by atoms with Crippen LogP contribution in [0.25, 0.3) is 0 Å². The molecule has 0 saturated carbocycles. The lowest BCUT2D eigenvalue weighted by Crippen LogP contribution is -2.47. The first-order valence-corrected chi connectivity index (χ1v) is 6.23. The molecule has 1 aliphatic rings. The molecule has 0 aromatic rings. The van der Waals surface area contributed by atoms with Crippen LogP contribution in [0.1, 0.15) is 26.7 Å². The van der Waals surface area contributed by atoms with E-state index in [0.29, 0.717) is 12.1 Å². The summed E-state index contributed by atoms with van der Waals surface area (Å²) in [4.78, 5) is 5.01. The quantitative estimate of drug-likeness (QED) is 0.735. The summed E-state index contributed by atoms with van der Waals surface area (Å²) in [5, 5.41) is 3.39. The molecule has 90 valence electrons. The van der Waals surface area contributed by atoms with Crippen molar-refractivity contribution in [2.45, 2.75) is 38.8 Å². The van der Waals surface area contributed by atoms with Gasteiger partial charge in [0.1, 0.15) is 0 Å². The molecule has 1 atom stereocenters. The standard InChI is InChI=1S/C12H27N3/c1-11(2)14(4)8-9-15-7-5-6-12(10-15)13-3/h11-13H,5-10H2,1-4H3. The first kappa shape index (κ1) is 12.9. The lowest BCUT2D eigenvalue weighted by atomic mass is 10.1. The van der Waals surface area contributed by atoms with Crippen molar-refractivity contribution in [2.75, 3.05) is 40.3 Å². The highest BCUT2D eigenvalue weighted by atomic mass is 15.2. The summed E-state index contributed by atoms with van der Waals surface area (Å²) in [6, 6.07) is 1.37. The Morgan fingerprint density at radius 3 is 2.80 bits per heavy atom. The third-order valence-electron chi connectivity index (χ3n) is 3.56. The van der Waals surface area contributed by atoms with Crippen molar-refractivity contribution in [3.8, 4) is 0 Å². The smallest absolute Gasteiger partial charge is 0.0192 e. The molecular weight excluding hydrogens is 186 g/mol. The van der Waals surface area contributed by atoms with Gasteiger partial charge in [-0.2, -0.15) is 0 Å². The molecule has 0 aromatic heterocycles. The minimum absolute atomic E-state index is 0.662. The van der Waals surface area contributed by atoms with Gasteiger partial charge in [-0.3, -0.25) is 0 Å². The summed E-state index contributed by atoms with van der Waals surface area (Å²) in [7, 11) is 4.29. The molecule has 3 heteroatoms. The normalized spacial score (nSPS) is 24.0. The molecule has 0 radical (unpaired) electrons. The van der Waals surface area contributed by atoms with Gasteiger partial charge in [-0.1, -0.05) is 0 Å². The number of likely N-dealkylation sites (N-methyl/N-ethyl adjacent to an activating group) is 2. The van der Waals surface area contributed by atoms with Crippen LogP contribution in [0.15, 0.2) is 0 Å². The Hall–Kier alpha value is -0.120. The summed E-state index contributed by atoms with van der Waals surface area (Å²) < 4.78 is 0. The second kappa shape index (κ2) is 6.46. The molecule has 0 aliphatic carbocycles. The van der Waals surface area contributed by atoms with Gasteiger partial charge in [0.15, 0.2) is 0 Å². The zero-order valence-corrected chi connectivity index (χ0v) is 10.8. The fourth-order valence-electron chi connectivity index (χ4n) is 2.05. The van der Waals surface area contributed by atoms with Crippen LogP contribution in [0.4, 0.5) is 0 Å². The third kappa shape index (κ3) is 4.49. The maximum Gasteiger partial charge on any atom is 0.0192 e. The number of hydrogen-bond donors (Lipinski definition) is 1. The second-order valence-corrected chi connectivity index (χ2v) is 5.00. The van der Waals surface area contributed by atoms with Crippen LogP contribution in [-0.2, 0) is 0 Å². The topological polar surface area (TPSA) is 18.5 Å². The molecule has 1 heterocycles. The Balaban J connectivity index is 2.20. The fraction of sp³-hybridized carbons (Fsp3) is 1.00. The minimum Gasteiger partial charge on any atom is -0.316 e. The molecular formula is C12H27N3. The van der Waals surface area contributed by atoms with Crippen molar-refractivity contribution < 1.29 is 0 Å². The van der Waals surface area contributed by atoms with Crippen LogP contribution >= 0.6 is 0 Å². The maximum atomic E-state index is 3.39. The van der Waals surface area contributed by atoms with E-state index in [1.807, 2.05) is 0 Å². The maximum absolute atomic E-state index is 3.39. The van der Waals surface area contributed by atoms with E-state index >= 15 is 0 Å². The molecule has 0 spiro atoms. The average Bonchev–Trinajstić information content (AvgIpc) is 2.26. The Kier molecular flexibility index (Phi) is 5.58. The Morgan fingerprint density at radius 1 is 1.47 bits per heavy atom. The zero-order valence-electron chi connectivity index (χ0n) is 10.8. The summed E-state index contributed by atoms with van der Waals surface area (Å²) in [6.07, 6.45) is 2.68. The van der Waals surface area contributed by atoms with Gasteiger partial charge < -0.3 is 15.1 Å². The van der Waals surface area contributed by atoms with E-state index in [1.165, 1.54) is 39.0 Å². The predicted octanol–water partition coefficient (Wildman–Crippen LogP) is 1.01. The second-order valence-electron chi connectivity index (χ2n) is 5.00. The van der Waals surface area contributed by atoms with Gasteiger partial charge in [-0.05, 0) is 47.3 Å². The van der Waals surface area contributed by atoms with Gasteiger partial charge in [0, 0.05) is 31.7 Å². The van der Waals surface area contributed by atoms with E-state index in [2.05, 4.69) is 43.1 Å². The minimum atomic E-state index is 0.662. The highest BCUT2D eigenvalue weighted by Gasteiger charge is 2.18. The van der Waals surface area contributed by atoms with Crippen molar-refractivity contribution >= 4 is 0 Å². The Labute approximate surface area is 94.8 Å². The molecule has 1 aliphatic heterocycles. The molecule has 0 bridgehead atoms. The van der Waals surface area contributed by atoms with Crippen molar-refractivity contribution in [1.82, 2.24) is 15.1 Å². The van der Waals surface area contributed by atoms with E-state index in [9.17, 15) is 0 Å². The molecule has 0 aromatic carbocycles. The molecule has 15 heavy (non-hydrogen) atoms. The summed E-state index contributed by atoms with van der Waals surface area (Å²) in [6.45, 7) is 9.42. The first-order valence-electron chi connectivity index (χ1n) is 6.23. The lowest BCUT2D eigenvalue weighted by molar-refractivity contribution is 0.162. The average molecular weight is 213 g/mol. The number of rotatable bonds is 5. The number of piperidine rings is 1. The summed E-state index contributed by atoms with van der Waals surface area (Å²) >= 11 is 0. The van der Waals surface area contributed by atoms with Gasteiger partial charge in [-0.15, -0.1) is 0 Å². The van der Waals surface area contributed by atoms with E-state index in [4.69, 9.17) is 0 Å². The summed E-state index contributed by atoms with van der Waals surface area (Å²) in [5.41, 5.74) is 0. The van der Waals surface area contributed by atoms with Gasteiger partial charge in [0.05, 0.1) is 0 Å². The summed E-state index contributed by atoms with van der Waals surface area (Å²) in [5.74, 6) is 0. The van der Waals surface area contributed by atoms with Gasteiger partial charge in [-0.25, -0.2) is 0 Å². The SMILES string of the molecule is CNC1CCCN(CCN(C)C(C)C)C1. The van der Waals surface area contributed by atoms with E-state index < -0.39 is 0 Å². The third-order valence-corrected chi connectivity index (χ3v) is 3.56. The number of nitrogens with zero attached hydrogens (tertiary/aromatic N) is 2. The van der Waals surface area contributed by atoms with Crippen LogP contribution in [0.3, 0.4) is 0 Å². The lowest BCUT2D eigenvalue weighted by Gasteiger charge is -2.34. The van der Waals surface area contributed by atoms with E-state index in [1.54, 1.807) is 0 Å². The monoisotopic (exact) mass is 213 g/mol. The van der Waals surface area contributed by atoms with Gasteiger partial charge in [0.25, 0.3) is 0 Å². The van der Waals surface area contributed by atoms with Gasteiger partial charge >= 0.3 is 0 Å². The van der Waals surface area contributed by atoms with Crippen LogP contribution < -0.4 is 5.32 Å². The van der Waals surface area contributed by atoms with Crippen molar-refractivity contribution in [3.63, 3.8) is 0 Å². The Morgan fingerprint density at radius 2 is 2.20 bits per heavy atom. The van der Waals surface area contributed by atoms with Crippen LogP contribution in [0.2, 0.25) is 0 Å². The zero-order chi connectivity index (χ0) is 11.3. The number of likely N-dealkylation sites (tertiary alicyclic amines) is 1. The van der Waals surface area contributed by atoms with E-state index in [0.717, 1.165) is 0 Å². The Bertz CT molecular complexity index is 170. The van der Waals surface area contributed by atoms with Crippen molar-refractivity contribution in [2.24, 2.45) is 0 Å². The van der Waals surface area contributed by atoms with Crippen LogP contribution in [-0.4, -0.2) is 62.2 Å². The van der Waals surface area contributed by atoms with Crippen molar-refractivity contribution in [3.05, 3.63) is 0 Å². The molecule has 0 amide bonds.